The maximum Gasteiger partial charge on any atom is 0.185 e. The minimum absolute atomic E-state index is 0.00826. The molecule has 2 nitrogen and oxygen atoms in total. The van der Waals surface area contributed by atoms with Crippen molar-refractivity contribution in [1.29, 1.82) is 0 Å². The normalized spacial score (nSPS) is 29.0. The Bertz CT molecular complexity index is 723. The van der Waals surface area contributed by atoms with Crippen molar-refractivity contribution in [2.45, 2.75) is 12.3 Å². The van der Waals surface area contributed by atoms with Crippen LogP contribution in [0.2, 0.25) is 5.02 Å². The van der Waals surface area contributed by atoms with E-state index in [4.69, 9.17) is 11.6 Å². The average molecular weight is 310 g/mol. The summed E-state index contributed by atoms with van der Waals surface area (Å²) in [7, 11) is 0. The Kier molecular flexibility index (Phi) is 3.34. The smallest absolute Gasteiger partial charge is 0.185 e. The van der Waals surface area contributed by atoms with E-state index in [1.807, 2.05) is 30.3 Å². The number of fused-ring (bicyclic) bond motifs is 2. The molecule has 2 aliphatic carbocycles. The van der Waals surface area contributed by atoms with Crippen molar-refractivity contribution in [2.75, 3.05) is 0 Å². The highest BCUT2D eigenvalue weighted by molar-refractivity contribution is 6.30. The van der Waals surface area contributed by atoms with E-state index in [1.165, 1.54) is 5.56 Å². The molecular weight excluding hydrogens is 294 g/mol. The van der Waals surface area contributed by atoms with Gasteiger partial charge in [0.25, 0.3) is 0 Å². The maximum absolute atomic E-state index is 13.0. The summed E-state index contributed by atoms with van der Waals surface area (Å²) in [6.45, 7) is 0. The fourth-order valence-electron chi connectivity index (χ4n) is 4.00. The van der Waals surface area contributed by atoms with E-state index in [-0.39, 0.29) is 17.6 Å². The van der Waals surface area contributed by atoms with Crippen molar-refractivity contribution < 1.29 is 4.79 Å². The summed E-state index contributed by atoms with van der Waals surface area (Å²) in [5.74, 6) is 1.18. The average Bonchev–Trinajstić information content (AvgIpc) is 3.17. The van der Waals surface area contributed by atoms with Crippen LogP contribution in [-0.4, -0.2) is 10.8 Å². The Morgan fingerprint density at radius 3 is 2.55 bits per heavy atom. The molecule has 4 atom stereocenters. The molecule has 0 spiro atoms. The highest BCUT2D eigenvalue weighted by Crippen LogP contribution is 2.53. The summed E-state index contributed by atoms with van der Waals surface area (Å²) in [6.07, 6.45) is 7.23. The Morgan fingerprint density at radius 1 is 1.05 bits per heavy atom. The van der Waals surface area contributed by atoms with E-state index >= 15 is 0 Å². The van der Waals surface area contributed by atoms with Crippen molar-refractivity contribution in [3.8, 4) is 0 Å². The zero-order valence-electron chi connectivity index (χ0n) is 12.0. The Morgan fingerprint density at radius 2 is 1.82 bits per heavy atom. The van der Waals surface area contributed by atoms with Gasteiger partial charge in [0.05, 0.1) is 0 Å². The molecule has 2 bridgehead atoms. The second-order valence-corrected chi connectivity index (χ2v) is 6.57. The number of hydrogen-bond donors (Lipinski definition) is 0. The standard InChI is InChI=1S/C19H16ClNO/c20-15-8-6-12(7-9-15)17-13-4-5-14(11-13)18(17)19(22)16-3-1-2-10-21-16/h1-10,13-14,17-18H,11H2/t13-,14+,17+,18+/m0/s1. The van der Waals surface area contributed by atoms with Gasteiger partial charge in [-0.05, 0) is 48.1 Å². The van der Waals surface area contributed by atoms with Crippen molar-refractivity contribution in [1.82, 2.24) is 4.98 Å². The van der Waals surface area contributed by atoms with Gasteiger partial charge in [0.15, 0.2) is 5.78 Å². The third-order valence-electron chi connectivity index (χ3n) is 4.93. The summed E-state index contributed by atoms with van der Waals surface area (Å²) in [6, 6.07) is 13.5. The molecule has 2 aliphatic rings. The third-order valence-corrected chi connectivity index (χ3v) is 5.19. The van der Waals surface area contributed by atoms with Crippen LogP contribution >= 0.6 is 11.6 Å². The number of ketones is 1. The number of rotatable bonds is 3. The summed E-state index contributed by atoms with van der Waals surface area (Å²) in [4.78, 5) is 17.2. The molecule has 0 saturated heterocycles. The first-order valence-electron chi connectivity index (χ1n) is 7.63. The number of allylic oxidation sites excluding steroid dienone is 2. The first-order chi connectivity index (χ1) is 10.7. The fraction of sp³-hybridized carbons (Fsp3) is 0.263. The molecule has 0 radical (unpaired) electrons. The topological polar surface area (TPSA) is 30.0 Å². The SMILES string of the molecule is O=C(c1ccccn1)[C@H]1[C@H](c2ccc(Cl)cc2)[C@H]2C=C[C@@H]1C2. The fourth-order valence-corrected chi connectivity index (χ4v) is 4.12. The monoisotopic (exact) mass is 309 g/mol. The molecule has 110 valence electrons. The predicted molar refractivity (Wildman–Crippen MR) is 87.0 cm³/mol. The van der Waals surface area contributed by atoms with E-state index in [2.05, 4.69) is 29.3 Å². The van der Waals surface area contributed by atoms with Crippen LogP contribution in [0.25, 0.3) is 0 Å². The molecule has 0 N–H and O–H groups in total. The van der Waals surface area contributed by atoms with Gasteiger partial charge in [-0.2, -0.15) is 0 Å². The van der Waals surface area contributed by atoms with Gasteiger partial charge in [0, 0.05) is 23.1 Å². The molecule has 1 heterocycles. The molecule has 1 fully saturated rings. The number of halogens is 1. The largest absolute Gasteiger partial charge is 0.292 e. The van der Waals surface area contributed by atoms with Gasteiger partial charge in [-0.25, -0.2) is 0 Å². The van der Waals surface area contributed by atoms with Gasteiger partial charge in [-0.15, -0.1) is 0 Å². The number of pyridine rings is 1. The first kappa shape index (κ1) is 13.7. The lowest BCUT2D eigenvalue weighted by Gasteiger charge is -2.27. The Labute approximate surface area is 134 Å². The van der Waals surface area contributed by atoms with Gasteiger partial charge in [-0.3, -0.25) is 9.78 Å². The molecule has 0 amide bonds. The van der Waals surface area contributed by atoms with Gasteiger partial charge in [0.1, 0.15) is 5.69 Å². The minimum Gasteiger partial charge on any atom is -0.292 e. The molecule has 1 aromatic heterocycles. The van der Waals surface area contributed by atoms with E-state index in [9.17, 15) is 4.79 Å². The Balaban J connectivity index is 1.72. The van der Waals surface area contributed by atoms with Crippen molar-refractivity contribution >= 4 is 17.4 Å². The van der Waals surface area contributed by atoms with Gasteiger partial charge in [-0.1, -0.05) is 42.0 Å². The van der Waals surface area contributed by atoms with Crippen LogP contribution in [0.1, 0.15) is 28.4 Å². The molecule has 1 aromatic carbocycles. The molecular formula is C19H16ClNO. The van der Waals surface area contributed by atoms with Crippen LogP contribution in [0.15, 0.2) is 60.8 Å². The quantitative estimate of drug-likeness (QED) is 0.616. The zero-order valence-corrected chi connectivity index (χ0v) is 12.8. The van der Waals surface area contributed by atoms with E-state index in [1.54, 1.807) is 6.20 Å². The number of carbonyl (C=O) groups excluding carboxylic acids is 1. The summed E-state index contributed by atoms with van der Waals surface area (Å²) >= 11 is 6.00. The number of benzene rings is 1. The number of nitrogens with zero attached hydrogens (tertiary/aromatic N) is 1. The zero-order chi connectivity index (χ0) is 15.1. The summed E-state index contributed by atoms with van der Waals surface area (Å²) in [5.41, 5.74) is 1.78. The van der Waals surface area contributed by atoms with Gasteiger partial charge >= 0.3 is 0 Å². The molecule has 0 unspecified atom stereocenters. The molecule has 22 heavy (non-hydrogen) atoms. The summed E-state index contributed by atoms with van der Waals surface area (Å²) in [5, 5.41) is 0.732. The molecule has 2 aromatic rings. The van der Waals surface area contributed by atoms with Crippen LogP contribution in [-0.2, 0) is 0 Å². The van der Waals surface area contributed by atoms with Crippen LogP contribution in [0.4, 0.5) is 0 Å². The molecule has 1 saturated carbocycles. The lowest BCUT2D eigenvalue weighted by molar-refractivity contribution is 0.0881. The minimum atomic E-state index is -0.00826. The maximum atomic E-state index is 13.0. The Hall–Kier alpha value is -1.93. The van der Waals surface area contributed by atoms with Gasteiger partial charge in [0.2, 0.25) is 0 Å². The lowest BCUT2D eigenvalue weighted by atomic mass is 9.75. The molecule has 3 heteroatoms. The van der Waals surface area contributed by atoms with Crippen LogP contribution in [0, 0.1) is 17.8 Å². The highest BCUT2D eigenvalue weighted by atomic mass is 35.5. The number of carbonyl (C=O) groups is 1. The van der Waals surface area contributed by atoms with Crippen LogP contribution in [0.5, 0.6) is 0 Å². The van der Waals surface area contributed by atoms with Crippen LogP contribution in [0.3, 0.4) is 0 Å². The second-order valence-electron chi connectivity index (χ2n) is 6.13. The van der Waals surface area contributed by atoms with Crippen molar-refractivity contribution in [3.05, 3.63) is 77.1 Å². The highest BCUT2D eigenvalue weighted by Gasteiger charge is 2.48. The van der Waals surface area contributed by atoms with E-state index < -0.39 is 0 Å². The second kappa shape index (κ2) is 5.36. The molecule has 4 rings (SSSR count). The number of Topliss-reactive ketones (excluding diaryl/α,β-unsaturated/α-hetero) is 1. The van der Waals surface area contributed by atoms with E-state index in [0.717, 1.165) is 11.4 Å². The first-order valence-corrected chi connectivity index (χ1v) is 8.01. The molecule has 0 aliphatic heterocycles. The third kappa shape index (κ3) is 2.19. The van der Waals surface area contributed by atoms with Gasteiger partial charge < -0.3 is 0 Å². The number of aromatic nitrogens is 1. The van der Waals surface area contributed by atoms with Crippen LogP contribution < -0.4 is 0 Å². The number of hydrogen-bond acceptors (Lipinski definition) is 2. The predicted octanol–water partition coefficient (Wildman–Crippen LogP) is 4.52. The van der Waals surface area contributed by atoms with Crippen molar-refractivity contribution in [2.24, 2.45) is 17.8 Å². The van der Waals surface area contributed by atoms with Crippen molar-refractivity contribution in [3.63, 3.8) is 0 Å². The van der Waals surface area contributed by atoms with E-state index in [0.29, 0.717) is 17.5 Å². The lowest BCUT2D eigenvalue weighted by Crippen LogP contribution is -2.27. The summed E-state index contributed by atoms with van der Waals surface area (Å²) < 4.78 is 0.